The SMILES string of the molecule is COCC(C)(C)c1ccc(Nc2nc(-c3ccc4c(c3)CN=C4)cn3ccnc23)cc1. The van der Waals surface area contributed by atoms with Crippen LogP contribution in [-0.2, 0) is 16.7 Å². The van der Waals surface area contributed by atoms with E-state index in [-0.39, 0.29) is 5.41 Å². The molecule has 4 aromatic rings. The molecule has 1 N–H and O–H groups in total. The van der Waals surface area contributed by atoms with Crippen LogP contribution in [0.1, 0.15) is 30.5 Å². The molecule has 2 aromatic carbocycles. The summed E-state index contributed by atoms with van der Waals surface area (Å²) >= 11 is 0. The molecule has 0 unspecified atom stereocenters. The number of anilines is 2. The number of fused-ring (bicyclic) bond motifs is 2. The van der Waals surface area contributed by atoms with E-state index < -0.39 is 0 Å². The third-order valence-electron chi connectivity index (χ3n) is 5.74. The number of benzene rings is 2. The minimum absolute atomic E-state index is 0.0426. The minimum Gasteiger partial charge on any atom is -0.384 e. The highest BCUT2D eigenvalue weighted by Crippen LogP contribution is 2.29. The fourth-order valence-electron chi connectivity index (χ4n) is 4.01. The summed E-state index contributed by atoms with van der Waals surface area (Å²) < 4.78 is 7.37. The predicted molar refractivity (Wildman–Crippen MR) is 124 cm³/mol. The second-order valence-corrected chi connectivity index (χ2v) is 8.54. The van der Waals surface area contributed by atoms with E-state index in [4.69, 9.17) is 9.72 Å². The zero-order valence-electron chi connectivity index (χ0n) is 18.0. The van der Waals surface area contributed by atoms with Crippen molar-refractivity contribution in [3.8, 4) is 11.3 Å². The third kappa shape index (κ3) is 3.70. The number of aliphatic imine (C=N–C) groups is 1. The average Bonchev–Trinajstić information content (AvgIpc) is 3.43. The van der Waals surface area contributed by atoms with Gasteiger partial charge in [-0.25, -0.2) is 9.97 Å². The first-order valence-electron chi connectivity index (χ1n) is 10.4. The van der Waals surface area contributed by atoms with Crippen LogP contribution in [0.5, 0.6) is 0 Å². The van der Waals surface area contributed by atoms with Crippen molar-refractivity contribution in [3.05, 3.63) is 77.7 Å². The van der Waals surface area contributed by atoms with Gasteiger partial charge in [0.2, 0.25) is 0 Å². The van der Waals surface area contributed by atoms with Gasteiger partial charge in [-0.2, -0.15) is 0 Å². The molecule has 1 aliphatic heterocycles. The van der Waals surface area contributed by atoms with E-state index in [1.165, 1.54) is 16.7 Å². The van der Waals surface area contributed by atoms with Crippen molar-refractivity contribution in [2.45, 2.75) is 25.8 Å². The van der Waals surface area contributed by atoms with Crippen molar-refractivity contribution in [1.82, 2.24) is 14.4 Å². The van der Waals surface area contributed by atoms with Gasteiger partial charge in [0.05, 0.1) is 18.8 Å². The minimum atomic E-state index is -0.0426. The van der Waals surface area contributed by atoms with Crippen LogP contribution in [0.3, 0.4) is 0 Å². The van der Waals surface area contributed by atoms with E-state index in [2.05, 4.69) is 71.6 Å². The molecule has 0 saturated heterocycles. The van der Waals surface area contributed by atoms with Gasteiger partial charge in [-0.15, -0.1) is 0 Å². The van der Waals surface area contributed by atoms with Gasteiger partial charge in [0.25, 0.3) is 0 Å². The molecule has 0 radical (unpaired) electrons. The van der Waals surface area contributed by atoms with E-state index in [0.717, 1.165) is 35.0 Å². The van der Waals surface area contributed by atoms with Crippen molar-refractivity contribution in [2.75, 3.05) is 19.0 Å². The Morgan fingerprint density at radius 3 is 2.77 bits per heavy atom. The smallest absolute Gasteiger partial charge is 0.180 e. The standard InChI is InChI=1S/C25H25N5O/c1-25(2,16-31-3)20-6-8-21(9-7-20)28-23-24-27-10-11-30(24)15-22(29-23)17-4-5-18-13-26-14-19(18)12-17/h4-13,15H,14,16H2,1-3H3,(H,28,29). The average molecular weight is 412 g/mol. The summed E-state index contributed by atoms with van der Waals surface area (Å²) in [5, 5.41) is 3.46. The lowest BCUT2D eigenvalue weighted by Gasteiger charge is -2.24. The second kappa shape index (κ2) is 7.63. The molecule has 5 rings (SSSR count). The molecule has 0 bridgehead atoms. The maximum absolute atomic E-state index is 5.36. The Bertz CT molecular complexity index is 1270. The monoisotopic (exact) mass is 411 g/mol. The zero-order chi connectivity index (χ0) is 21.4. The first kappa shape index (κ1) is 19.5. The van der Waals surface area contributed by atoms with E-state index in [1.807, 2.05) is 23.0 Å². The lowest BCUT2D eigenvalue weighted by molar-refractivity contribution is 0.146. The number of methoxy groups -OCH3 is 1. The quantitative estimate of drug-likeness (QED) is 0.485. The Morgan fingerprint density at radius 1 is 1.13 bits per heavy atom. The van der Waals surface area contributed by atoms with Crippen LogP contribution < -0.4 is 5.32 Å². The number of nitrogens with zero attached hydrogens (tertiary/aromatic N) is 4. The van der Waals surface area contributed by atoms with Gasteiger partial charge in [0.15, 0.2) is 11.5 Å². The Balaban J connectivity index is 1.48. The van der Waals surface area contributed by atoms with Gasteiger partial charge in [-0.3, -0.25) is 4.99 Å². The summed E-state index contributed by atoms with van der Waals surface area (Å²) in [6.07, 6.45) is 7.68. The summed E-state index contributed by atoms with van der Waals surface area (Å²) in [6, 6.07) is 14.8. The fraction of sp³-hybridized carbons (Fsp3) is 0.240. The second-order valence-electron chi connectivity index (χ2n) is 8.54. The number of aromatic nitrogens is 3. The Hall–Kier alpha value is -3.51. The molecule has 0 amide bonds. The number of ether oxygens (including phenoxy) is 1. The van der Waals surface area contributed by atoms with E-state index >= 15 is 0 Å². The summed E-state index contributed by atoms with van der Waals surface area (Å²) in [6.45, 7) is 5.76. The zero-order valence-corrected chi connectivity index (χ0v) is 18.0. The van der Waals surface area contributed by atoms with Gasteiger partial charge >= 0.3 is 0 Å². The van der Waals surface area contributed by atoms with Crippen molar-refractivity contribution in [2.24, 2.45) is 4.99 Å². The molecule has 3 heterocycles. The highest BCUT2D eigenvalue weighted by Gasteiger charge is 2.20. The molecule has 0 spiro atoms. The van der Waals surface area contributed by atoms with Crippen molar-refractivity contribution in [3.63, 3.8) is 0 Å². The Labute approximate surface area is 181 Å². The summed E-state index contributed by atoms with van der Waals surface area (Å²) in [7, 11) is 1.74. The molecule has 6 heteroatoms. The van der Waals surface area contributed by atoms with E-state index in [0.29, 0.717) is 6.61 Å². The highest BCUT2D eigenvalue weighted by atomic mass is 16.5. The van der Waals surface area contributed by atoms with Gasteiger partial charge in [0.1, 0.15) is 0 Å². The molecule has 0 fully saturated rings. The highest BCUT2D eigenvalue weighted by molar-refractivity contribution is 5.86. The number of hydrogen-bond donors (Lipinski definition) is 1. The van der Waals surface area contributed by atoms with Gasteiger partial charge in [0, 0.05) is 48.6 Å². The third-order valence-corrected chi connectivity index (χ3v) is 5.74. The molecule has 0 aliphatic carbocycles. The van der Waals surface area contributed by atoms with E-state index in [1.54, 1.807) is 13.3 Å². The Kier molecular flexibility index (Phi) is 4.79. The van der Waals surface area contributed by atoms with Crippen LogP contribution in [0.4, 0.5) is 11.5 Å². The van der Waals surface area contributed by atoms with Gasteiger partial charge in [-0.05, 0) is 34.9 Å². The molecule has 0 atom stereocenters. The number of imidazole rings is 1. The number of hydrogen-bond acceptors (Lipinski definition) is 5. The van der Waals surface area contributed by atoms with Crippen LogP contribution in [0.15, 0.2) is 66.0 Å². The van der Waals surface area contributed by atoms with Crippen LogP contribution in [0.2, 0.25) is 0 Å². The fourth-order valence-corrected chi connectivity index (χ4v) is 4.01. The van der Waals surface area contributed by atoms with E-state index in [9.17, 15) is 0 Å². The Morgan fingerprint density at radius 2 is 1.97 bits per heavy atom. The first-order chi connectivity index (χ1) is 15.0. The van der Waals surface area contributed by atoms with Crippen LogP contribution in [0, 0.1) is 0 Å². The van der Waals surface area contributed by atoms with Crippen LogP contribution in [-0.4, -0.2) is 34.3 Å². The maximum atomic E-state index is 5.36. The van der Waals surface area contributed by atoms with Gasteiger partial charge < -0.3 is 14.5 Å². The normalized spacial score (nSPS) is 13.0. The lowest BCUT2D eigenvalue weighted by Crippen LogP contribution is -2.23. The first-order valence-corrected chi connectivity index (χ1v) is 10.4. The predicted octanol–water partition coefficient (Wildman–Crippen LogP) is 5.00. The summed E-state index contributed by atoms with van der Waals surface area (Å²) in [5.41, 5.74) is 7.31. The topological polar surface area (TPSA) is 63.8 Å². The molecular formula is C25H25N5O. The maximum Gasteiger partial charge on any atom is 0.180 e. The number of nitrogens with one attached hydrogen (secondary N) is 1. The molecule has 1 aliphatic rings. The summed E-state index contributed by atoms with van der Waals surface area (Å²) in [4.78, 5) is 13.8. The largest absolute Gasteiger partial charge is 0.384 e. The van der Waals surface area contributed by atoms with Crippen LogP contribution >= 0.6 is 0 Å². The molecular weight excluding hydrogens is 386 g/mol. The van der Waals surface area contributed by atoms with Gasteiger partial charge in [-0.1, -0.05) is 38.1 Å². The molecule has 0 saturated carbocycles. The van der Waals surface area contributed by atoms with Crippen LogP contribution in [0.25, 0.3) is 16.9 Å². The molecule has 6 nitrogen and oxygen atoms in total. The van der Waals surface area contributed by atoms with Crippen molar-refractivity contribution in [1.29, 1.82) is 0 Å². The number of rotatable bonds is 6. The molecule has 31 heavy (non-hydrogen) atoms. The van der Waals surface area contributed by atoms with Crippen molar-refractivity contribution < 1.29 is 4.74 Å². The lowest BCUT2D eigenvalue weighted by atomic mass is 9.85. The molecule has 156 valence electrons. The molecule has 2 aromatic heterocycles. The van der Waals surface area contributed by atoms with Crippen molar-refractivity contribution >= 4 is 23.4 Å². The summed E-state index contributed by atoms with van der Waals surface area (Å²) in [5.74, 6) is 0.725.